The summed E-state index contributed by atoms with van der Waals surface area (Å²) in [5.74, 6) is 0.321. The van der Waals surface area contributed by atoms with Crippen LogP contribution in [0.3, 0.4) is 0 Å². The summed E-state index contributed by atoms with van der Waals surface area (Å²) in [5.41, 5.74) is 1.07. The van der Waals surface area contributed by atoms with Gasteiger partial charge in [0.15, 0.2) is 6.61 Å². The number of benzene rings is 2. The zero-order valence-electron chi connectivity index (χ0n) is 18.2. The molecular formula is C25H29N3O4. The summed E-state index contributed by atoms with van der Waals surface area (Å²) in [4.78, 5) is 43.5. The summed E-state index contributed by atoms with van der Waals surface area (Å²) in [7, 11) is 0. The van der Waals surface area contributed by atoms with Gasteiger partial charge in [0.05, 0.1) is 5.92 Å². The highest BCUT2D eigenvalue weighted by Crippen LogP contribution is 2.23. The van der Waals surface area contributed by atoms with Crippen LogP contribution < -0.4 is 4.74 Å². The fraction of sp³-hybridized carbons (Fsp3) is 0.400. The van der Waals surface area contributed by atoms with Gasteiger partial charge in [0.1, 0.15) is 5.75 Å². The molecule has 1 unspecified atom stereocenters. The maximum absolute atomic E-state index is 13.1. The number of ether oxygens (including phenoxy) is 1. The largest absolute Gasteiger partial charge is 0.484 e. The lowest BCUT2D eigenvalue weighted by Gasteiger charge is -2.24. The molecule has 2 heterocycles. The van der Waals surface area contributed by atoms with Gasteiger partial charge in [-0.1, -0.05) is 48.5 Å². The van der Waals surface area contributed by atoms with E-state index in [1.54, 1.807) is 9.80 Å². The third-order valence-corrected chi connectivity index (χ3v) is 6.05. The van der Waals surface area contributed by atoms with Crippen LogP contribution in [0.1, 0.15) is 18.4 Å². The second-order valence-electron chi connectivity index (χ2n) is 8.32. The zero-order valence-corrected chi connectivity index (χ0v) is 18.2. The fourth-order valence-corrected chi connectivity index (χ4v) is 4.29. The zero-order chi connectivity index (χ0) is 22.3. The van der Waals surface area contributed by atoms with Crippen molar-refractivity contribution in [2.45, 2.75) is 19.4 Å². The van der Waals surface area contributed by atoms with E-state index in [2.05, 4.69) is 0 Å². The van der Waals surface area contributed by atoms with Crippen molar-refractivity contribution in [1.82, 2.24) is 14.7 Å². The smallest absolute Gasteiger partial charge is 0.260 e. The van der Waals surface area contributed by atoms with E-state index in [0.29, 0.717) is 45.0 Å². The van der Waals surface area contributed by atoms with E-state index in [0.717, 1.165) is 12.0 Å². The molecule has 2 fully saturated rings. The fourth-order valence-electron chi connectivity index (χ4n) is 4.29. The number of amides is 3. The molecule has 2 aromatic carbocycles. The van der Waals surface area contributed by atoms with Gasteiger partial charge in [-0.15, -0.1) is 0 Å². The van der Waals surface area contributed by atoms with Crippen molar-refractivity contribution in [1.29, 1.82) is 0 Å². The Morgan fingerprint density at radius 3 is 2.28 bits per heavy atom. The first-order valence-corrected chi connectivity index (χ1v) is 11.2. The van der Waals surface area contributed by atoms with Gasteiger partial charge in [0.2, 0.25) is 11.8 Å². The normalized spacial score (nSPS) is 19.1. The first-order valence-electron chi connectivity index (χ1n) is 11.2. The highest BCUT2D eigenvalue weighted by atomic mass is 16.5. The van der Waals surface area contributed by atoms with Crippen LogP contribution in [-0.4, -0.2) is 71.8 Å². The third-order valence-electron chi connectivity index (χ3n) is 6.05. The van der Waals surface area contributed by atoms with Gasteiger partial charge < -0.3 is 19.4 Å². The number of carbonyl (C=O) groups excluding carboxylic acids is 3. The molecule has 7 nitrogen and oxygen atoms in total. The Kier molecular flexibility index (Phi) is 7.04. The van der Waals surface area contributed by atoms with E-state index in [4.69, 9.17) is 4.74 Å². The molecule has 2 aliphatic rings. The van der Waals surface area contributed by atoms with Crippen LogP contribution >= 0.6 is 0 Å². The monoisotopic (exact) mass is 435 g/mol. The van der Waals surface area contributed by atoms with Gasteiger partial charge in [-0.25, -0.2) is 0 Å². The van der Waals surface area contributed by atoms with Gasteiger partial charge in [-0.3, -0.25) is 14.4 Å². The average molecular weight is 436 g/mol. The summed E-state index contributed by atoms with van der Waals surface area (Å²) in [6.45, 7) is 3.15. The highest BCUT2D eigenvalue weighted by Gasteiger charge is 2.37. The second-order valence-corrected chi connectivity index (χ2v) is 8.32. The van der Waals surface area contributed by atoms with Crippen molar-refractivity contribution in [3.63, 3.8) is 0 Å². The Balaban J connectivity index is 1.27. The van der Waals surface area contributed by atoms with Gasteiger partial charge in [0.25, 0.3) is 5.91 Å². The summed E-state index contributed by atoms with van der Waals surface area (Å²) in [6, 6.07) is 19.1. The number of rotatable bonds is 6. The van der Waals surface area contributed by atoms with E-state index in [9.17, 15) is 14.4 Å². The molecular weight excluding hydrogens is 406 g/mol. The lowest BCUT2D eigenvalue weighted by molar-refractivity contribution is -0.137. The SMILES string of the molecule is O=C(COc1ccccc1)N1CCCN(C(=O)C2CC(=O)N(Cc3ccccc3)C2)CC1. The molecule has 2 saturated heterocycles. The summed E-state index contributed by atoms with van der Waals surface area (Å²) in [6.07, 6.45) is 0.979. The third kappa shape index (κ3) is 5.46. The maximum Gasteiger partial charge on any atom is 0.260 e. The predicted molar refractivity (Wildman–Crippen MR) is 120 cm³/mol. The molecule has 7 heteroatoms. The quantitative estimate of drug-likeness (QED) is 0.697. The molecule has 0 radical (unpaired) electrons. The maximum atomic E-state index is 13.1. The minimum absolute atomic E-state index is 0.0104. The van der Waals surface area contributed by atoms with Crippen molar-refractivity contribution >= 4 is 17.7 Å². The van der Waals surface area contributed by atoms with E-state index in [1.165, 1.54) is 0 Å². The van der Waals surface area contributed by atoms with Crippen LogP contribution in [0.5, 0.6) is 5.75 Å². The van der Waals surface area contributed by atoms with Gasteiger partial charge >= 0.3 is 0 Å². The van der Waals surface area contributed by atoms with Crippen molar-refractivity contribution in [3.8, 4) is 5.75 Å². The molecule has 0 bridgehead atoms. The Morgan fingerprint density at radius 2 is 1.53 bits per heavy atom. The number of carbonyl (C=O) groups is 3. The van der Waals surface area contributed by atoms with E-state index in [1.807, 2.05) is 65.6 Å². The van der Waals surface area contributed by atoms with Crippen LogP contribution in [0.2, 0.25) is 0 Å². The summed E-state index contributed by atoms with van der Waals surface area (Å²) < 4.78 is 5.58. The van der Waals surface area contributed by atoms with Crippen LogP contribution in [0.15, 0.2) is 60.7 Å². The molecule has 0 saturated carbocycles. The standard InChI is InChI=1S/C25H29N3O4/c29-23-16-21(18-28(23)17-20-8-3-1-4-9-20)25(31)27-13-7-12-26(14-15-27)24(30)19-32-22-10-5-2-6-11-22/h1-6,8-11,21H,7,12-19H2. The number of para-hydroxylation sites is 1. The minimum atomic E-state index is -0.310. The van der Waals surface area contributed by atoms with Crippen molar-refractivity contribution in [2.24, 2.45) is 5.92 Å². The van der Waals surface area contributed by atoms with Crippen molar-refractivity contribution < 1.29 is 19.1 Å². The molecule has 0 N–H and O–H groups in total. The van der Waals surface area contributed by atoms with Gasteiger partial charge in [-0.05, 0) is 24.1 Å². The van der Waals surface area contributed by atoms with Crippen LogP contribution in [-0.2, 0) is 20.9 Å². The Hall–Kier alpha value is -3.35. The average Bonchev–Trinajstić information content (AvgIpc) is 3.02. The first kappa shape index (κ1) is 21.9. The lowest BCUT2D eigenvalue weighted by Crippen LogP contribution is -2.41. The van der Waals surface area contributed by atoms with Crippen molar-refractivity contribution in [3.05, 3.63) is 66.2 Å². The lowest BCUT2D eigenvalue weighted by atomic mass is 10.1. The summed E-state index contributed by atoms with van der Waals surface area (Å²) in [5, 5.41) is 0. The number of likely N-dealkylation sites (tertiary alicyclic amines) is 1. The van der Waals surface area contributed by atoms with Crippen molar-refractivity contribution in [2.75, 3.05) is 39.3 Å². The molecule has 0 aromatic heterocycles. The second kappa shape index (κ2) is 10.3. The first-order chi connectivity index (χ1) is 15.6. The molecule has 32 heavy (non-hydrogen) atoms. The van der Waals surface area contributed by atoms with Crippen LogP contribution in [0.25, 0.3) is 0 Å². The van der Waals surface area contributed by atoms with E-state index in [-0.39, 0.29) is 36.7 Å². The topological polar surface area (TPSA) is 70.2 Å². The Bertz CT molecular complexity index is 935. The Morgan fingerprint density at radius 1 is 0.875 bits per heavy atom. The Labute approximate surface area is 188 Å². The molecule has 2 aromatic rings. The predicted octanol–water partition coefficient (Wildman–Crippen LogP) is 2.17. The molecule has 4 rings (SSSR count). The molecule has 1 atom stereocenters. The number of nitrogens with zero attached hydrogens (tertiary/aromatic N) is 3. The van der Waals surface area contributed by atoms with Crippen LogP contribution in [0.4, 0.5) is 0 Å². The molecule has 168 valence electrons. The molecule has 3 amide bonds. The van der Waals surface area contributed by atoms with Crippen LogP contribution in [0, 0.1) is 5.92 Å². The molecule has 2 aliphatic heterocycles. The van der Waals surface area contributed by atoms with Gasteiger partial charge in [0, 0.05) is 45.7 Å². The molecule has 0 spiro atoms. The molecule has 0 aliphatic carbocycles. The van der Waals surface area contributed by atoms with Gasteiger partial charge in [-0.2, -0.15) is 0 Å². The van der Waals surface area contributed by atoms with E-state index < -0.39 is 0 Å². The highest BCUT2D eigenvalue weighted by molar-refractivity contribution is 5.89. The number of hydrogen-bond acceptors (Lipinski definition) is 4. The number of hydrogen-bond donors (Lipinski definition) is 0. The van der Waals surface area contributed by atoms with E-state index >= 15 is 0 Å². The summed E-state index contributed by atoms with van der Waals surface area (Å²) >= 11 is 0. The minimum Gasteiger partial charge on any atom is -0.484 e.